The first-order valence-corrected chi connectivity index (χ1v) is 7.04. The summed E-state index contributed by atoms with van der Waals surface area (Å²) in [4.78, 5) is 18.1. The van der Waals surface area contributed by atoms with Crippen molar-refractivity contribution < 1.29 is 4.79 Å². The Bertz CT molecular complexity index is 778. The molecule has 23 heavy (non-hydrogen) atoms. The van der Waals surface area contributed by atoms with Gasteiger partial charge in [0.2, 0.25) is 0 Å². The zero-order valence-electron chi connectivity index (χ0n) is 12.8. The van der Waals surface area contributed by atoms with E-state index in [1.165, 1.54) is 0 Å². The van der Waals surface area contributed by atoms with Gasteiger partial charge in [-0.1, -0.05) is 0 Å². The van der Waals surface area contributed by atoms with Crippen LogP contribution in [0.2, 0.25) is 0 Å². The van der Waals surface area contributed by atoms with E-state index in [1.54, 1.807) is 35.4 Å². The van der Waals surface area contributed by atoms with Crippen molar-refractivity contribution in [2.45, 2.75) is 0 Å². The molecule has 0 spiro atoms. The molecule has 1 N–H and O–H groups in total. The molecule has 0 bridgehead atoms. The second kappa shape index (κ2) is 6.27. The zero-order chi connectivity index (χ0) is 16.2. The number of carbonyl (C=O) groups is 1. The maximum absolute atomic E-state index is 12.2. The van der Waals surface area contributed by atoms with E-state index in [-0.39, 0.29) is 11.6 Å². The van der Waals surface area contributed by atoms with Gasteiger partial charge in [-0.15, -0.1) is 10.2 Å². The van der Waals surface area contributed by atoms with Crippen molar-refractivity contribution in [2.75, 3.05) is 24.3 Å². The number of hydrogen-bond acceptors (Lipinski definition) is 5. The fourth-order valence-corrected chi connectivity index (χ4v) is 2.02. The molecule has 1 amide bonds. The highest BCUT2D eigenvalue weighted by atomic mass is 16.1. The molecule has 0 saturated carbocycles. The van der Waals surface area contributed by atoms with Crippen LogP contribution in [-0.4, -0.2) is 39.8 Å². The molecule has 0 aliphatic heterocycles. The first-order chi connectivity index (χ1) is 11.1. The summed E-state index contributed by atoms with van der Waals surface area (Å²) in [5.74, 6) is 0.307. The Hall–Kier alpha value is -3.22. The van der Waals surface area contributed by atoms with Crippen molar-refractivity contribution >= 4 is 17.3 Å². The van der Waals surface area contributed by atoms with Gasteiger partial charge in [0.05, 0.1) is 0 Å². The average molecular weight is 308 g/mol. The van der Waals surface area contributed by atoms with Crippen LogP contribution in [0.4, 0.5) is 11.4 Å². The molecule has 0 aliphatic rings. The van der Waals surface area contributed by atoms with Crippen LogP contribution in [0.25, 0.3) is 5.82 Å². The predicted octanol–water partition coefficient (Wildman–Crippen LogP) is 1.98. The standard InChI is InChI=1S/C16H16N6O/c1-21(2)13-5-3-12(4-6-13)18-16(23)14-7-8-15(20-19-14)22-10-9-17-11-22/h3-11H,1-2H3,(H,18,23). The highest BCUT2D eigenvalue weighted by molar-refractivity contribution is 6.02. The molecule has 0 atom stereocenters. The minimum atomic E-state index is -0.299. The van der Waals surface area contributed by atoms with Crippen molar-refractivity contribution in [1.29, 1.82) is 0 Å². The van der Waals surface area contributed by atoms with E-state index in [4.69, 9.17) is 0 Å². The lowest BCUT2D eigenvalue weighted by atomic mass is 10.2. The molecule has 116 valence electrons. The summed E-state index contributed by atoms with van der Waals surface area (Å²) >= 11 is 0. The number of amides is 1. The van der Waals surface area contributed by atoms with Crippen LogP contribution in [0.5, 0.6) is 0 Å². The molecule has 7 nitrogen and oxygen atoms in total. The Balaban J connectivity index is 1.70. The van der Waals surface area contributed by atoms with Crippen molar-refractivity contribution in [2.24, 2.45) is 0 Å². The Morgan fingerprint density at radius 2 is 1.87 bits per heavy atom. The van der Waals surface area contributed by atoms with Crippen LogP contribution in [-0.2, 0) is 0 Å². The lowest BCUT2D eigenvalue weighted by Gasteiger charge is -2.12. The van der Waals surface area contributed by atoms with E-state index in [2.05, 4.69) is 20.5 Å². The molecule has 3 aromatic rings. The normalized spacial score (nSPS) is 10.3. The van der Waals surface area contributed by atoms with Crippen LogP contribution < -0.4 is 10.2 Å². The third-order valence-corrected chi connectivity index (χ3v) is 3.29. The summed E-state index contributed by atoms with van der Waals surface area (Å²) in [7, 11) is 3.93. The molecular formula is C16H16N6O. The van der Waals surface area contributed by atoms with Gasteiger partial charge in [0, 0.05) is 37.9 Å². The second-order valence-electron chi connectivity index (χ2n) is 5.14. The molecule has 0 radical (unpaired) electrons. The monoisotopic (exact) mass is 308 g/mol. The lowest BCUT2D eigenvalue weighted by molar-refractivity contribution is 0.102. The summed E-state index contributed by atoms with van der Waals surface area (Å²) in [5.41, 5.74) is 2.03. The maximum Gasteiger partial charge on any atom is 0.276 e. The van der Waals surface area contributed by atoms with Gasteiger partial charge in [0.1, 0.15) is 6.33 Å². The third-order valence-electron chi connectivity index (χ3n) is 3.29. The summed E-state index contributed by atoms with van der Waals surface area (Å²) in [6.07, 6.45) is 5.03. The number of aromatic nitrogens is 4. The van der Waals surface area contributed by atoms with Gasteiger partial charge in [-0.25, -0.2) is 4.98 Å². The van der Waals surface area contributed by atoms with Crippen LogP contribution in [0.3, 0.4) is 0 Å². The number of imidazole rings is 1. The number of rotatable bonds is 4. The van der Waals surface area contributed by atoms with E-state index in [0.29, 0.717) is 11.5 Å². The summed E-state index contributed by atoms with van der Waals surface area (Å²) in [6, 6.07) is 10.9. The van der Waals surface area contributed by atoms with Crippen LogP contribution >= 0.6 is 0 Å². The number of hydrogen-bond donors (Lipinski definition) is 1. The maximum atomic E-state index is 12.2. The van der Waals surface area contributed by atoms with Gasteiger partial charge in [-0.2, -0.15) is 0 Å². The van der Waals surface area contributed by atoms with Crippen molar-refractivity contribution in [3.63, 3.8) is 0 Å². The largest absolute Gasteiger partial charge is 0.378 e. The predicted molar refractivity (Wildman–Crippen MR) is 87.9 cm³/mol. The number of anilines is 2. The van der Waals surface area contributed by atoms with Crippen LogP contribution in [0, 0.1) is 0 Å². The van der Waals surface area contributed by atoms with Gasteiger partial charge in [0.15, 0.2) is 11.5 Å². The first kappa shape index (κ1) is 14.7. The van der Waals surface area contributed by atoms with E-state index in [0.717, 1.165) is 5.69 Å². The van der Waals surface area contributed by atoms with Gasteiger partial charge < -0.3 is 10.2 Å². The van der Waals surface area contributed by atoms with Crippen LogP contribution in [0.1, 0.15) is 10.5 Å². The molecule has 2 aromatic heterocycles. The second-order valence-corrected chi connectivity index (χ2v) is 5.14. The Labute approximate surface area is 133 Å². The molecular weight excluding hydrogens is 292 g/mol. The van der Waals surface area contributed by atoms with Gasteiger partial charge in [-0.3, -0.25) is 9.36 Å². The molecule has 1 aromatic carbocycles. The van der Waals surface area contributed by atoms with Gasteiger partial charge in [-0.05, 0) is 36.4 Å². The zero-order valence-corrected chi connectivity index (χ0v) is 12.8. The molecule has 0 fully saturated rings. The summed E-state index contributed by atoms with van der Waals surface area (Å²) < 4.78 is 1.72. The Morgan fingerprint density at radius 3 is 2.43 bits per heavy atom. The smallest absolute Gasteiger partial charge is 0.276 e. The molecule has 0 unspecified atom stereocenters. The minimum Gasteiger partial charge on any atom is -0.378 e. The third kappa shape index (κ3) is 3.34. The minimum absolute atomic E-state index is 0.255. The quantitative estimate of drug-likeness (QED) is 0.797. The molecule has 3 rings (SSSR count). The lowest BCUT2D eigenvalue weighted by Crippen LogP contribution is -2.15. The van der Waals surface area contributed by atoms with E-state index >= 15 is 0 Å². The number of benzene rings is 1. The summed E-state index contributed by atoms with van der Waals surface area (Å²) in [6.45, 7) is 0. The van der Waals surface area contributed by atoms with E-state index in [9.17, 15) is 4.79 Å². The molecule has 2 heterocycles. The molecule has 0 saturated heterocycles. The first-order valence-electron chi connectivity index (χ1n) is 7.04. The average Bonchev–Trinajstić information content (AvgIpc) is 3.10. The van der Waals surface area contributed by atoms with Crippen molar-refractivity contribution in [1.82, 2.24) is 19.7 Å². The van der Waals surface area contributed by atoms with E-state index < -0.39 is 0 Å². The highest BCUT2D eigenvalue weighted by Gasteiger charge is 2.09. The molecule has 7 heteroatoms. The summed E-state index contributed by atoms with van der Waals surface area (Å²) in [5, 5.41) is 10.8. The number of carbonyl (C=O) groups excluding carboxylic acids is 1. The Morgan fingerprint density at radius 1 is 1.09 bits per heavy atom. The van der Waals surface area contributed by atoms with Crippen molar-refractivity contribution in [3.05, 3.63) is 60.8 Å². The number of nitrogens with zero attached hydrogens (tertiary/aromatic N) is 5. The van der Waals surface area contributed by atoms with Gasteiger partial charge >= 0.3 is 0 Å². The van der Waals surface area contributed by atoms with E-state index in [1.807, 2.05) is 43.3 Å². The molecule has 0 aliphatic carbocycles. The van der Waals surface area contributed by atoms with Crippen molar-refractivity contribution in [3.8, 4) is 5.82 Å². The highest BCUT2D eigenvalue weighted by Crippen LogP contribution is 2.16. The topological polar surface area (TPSA) is 75.9 Å². The Kier molecular flexibility index (Phi) is 4.01. The number of nitrogens with one attached hydrogen (secondary N) is 1. The fourth-order valence-electron chi connectivity index (χ4n) is 2.02. The fraction of sp³-hybridized carbons (Fsp3) is 0.125. The van der Waals surface area contributed by atoms with Crippen LogP contribution in [0.15, 0.2) is 55.1 Å². The van der Waals surface area contributed by atoms with Gasteiger partial charge in [0.25, 0.3) is 5.91 Å². The SMILES string of the molecule is CN(C)c1ccc(NC(=O)c2ccc(-n3ccnc3)nn2)cc1.